The van der Waals surface area contributed by atoms with Crippen LogP contribution in [0.25, 0.3) is 11.2 Å². The van der Waals surface area contributed by atoms with Gasteiger partial charge in [-0.3, -0.25) is 14.3 Å². The van der Waals surface area contributed by atoms with Crippen LogP contribution in [-0.2, 0) is 13.6 Å². The molecule has 3 aromatic rings. The Morgan fingerprint density at radius 2 is 2.14 bits per heavy atom. The molecular weight excluding hydrogens is 380 g/mol. The van der Waals surface area contributed by atoms with Gasteiger partial charge in [0.1, 0.15) is 18.5 Å². The first-order valence-electron chi connectivity index (χ1n) is 8.72. The number of aryl methyl sites for hydroxylation is 2. The number of nitrogens with zero attached hydrogens (tertiary/aromatic N) is 3. The average Bonchev–Trinajstić information content (AvgIpc) is 3.02. The molecule has 0 aliphatic carbocycles. The molecule has 0 unspecified atom stereocenters. The summed E-state index contributed by atoms with van der Waals surface area (Å²) in [6, 6.07) is 7.54. The van der Waals surface area contributed by atoms with Crippen molar-refractivity contribution in [3.8, 4) is 5.75 Å². The van der Waals surface area contributed by atoms with E-state index in [-0.39, 0.29) is 24.3 Å². The van der Waals surface area contributed by atoms with Gasteiger partial charge in [0.25, 0.3) is 5.56 Å². The highest BCUT2D eigenvalue weighted by Gasteiger charge is 2.20. The molecule has 0 aliphatic heterocycles. The molecule has 1 atom stereocenters. The third kappa shape index (κ3) is 4.05. The van der Waals surface area contributed by atoms with E-state index in [9.17, 15) is 14.7 Å². The second-order valence-corrected chi connectivity index (χ2v) is 7.31. The lowest BCUT2D eigenvalue weighted by atomic mass is 10.2. The summed E-state index contributed by atoms with van der Waals surface area (Å²) >= 11 is 1.37. The van der Waals surface area contributed by atoms with Crippen molar-refractivity contribution in [3.63, 3.8) is 0 Å². The van der Waals surface area contributed by atoms with Gasteiger partial charge in [0.05, 0.1) is 6.54 Å². The Morgan fingerprint density at radius 3 is 2.86 bits per heavy atom. The van der Waals surface area contributed by atoms with Crippen LogP contribution in [0.5, 0.6) is 5.75 Å². The maximum Gasteiger partial charge on any atom is 0.329 e. The standard InChI is InChI=1S/C19H22N4O4S/c1-4-9-28-19-20-16-15(17(25)21-18(26)22(16)3)23(19)10-13(24)11-27-14-8-6-5-7-12(14)2/h4-8,13,24H,1,9-11H2,2-3H3,(H,21,25,26)/t13-/m1/s1. The van der Waals surface area contributed by atoms with E-state index in [0.717, 1.165) is 5.56 Å². The number of H-pyrrole nitrogens is 1. The second kappa shape index (κ2) is 8.49. The van der Waals surface area contributed by atoms with Crippen molar-refractivity contribution in [1.29, 1.82) is 0 Å². The van der Waals surface area contributed by atoms with Crippen molar-refractivity contribution in [2.75, 3.05) is 12.4 Å². The first kappa shape index (κ1) is 20.0. The minimum atomic E-state index is -0.878. The molecule has 0 fully saturated rings. The van der Waals surface area contributed by atoms with Gasteiger partial charge in [-0.15, -0.1) is 6.58 Å². The number of aliphatic hydroxyl groups excluding tert-OH is 1. The Bertz CT molecular complexity index is 1120. The summed E-state index contributed by atoms with van der Waals surface area (Å²) in [6.07, 6.45) is 0.840. The molecule has 3 rings (SSSR count). The van der Waals surface area contributed by atoms with Gasteiger partial charge < -0.3 is 14.4 Å². The molecule has 2 N–H and O–H groups in total. The SMILES string of the molecule is C=CCSc1nc2c(c(=O)[nH]c(=O)n2C)n1C[C@@H](O)COc1ccccc1C. The molecule has 2 heterocycles. The van der Waals surface area contributed by atoms with Crippen molar-refractivity contribution in [1.82, 2.24) is 19.1 Å². The number of para-hydroxylation sites is 1. The zero-order valence-corrected chi connectivity index (χ0v) is 16.5. The summed E-state index contributed by atoms with van der Waals surface area (Å²) in [5.74, 6) is 1.27. The number of hydrogen-bond acceptors (Lipinski definition) is 6. The van der Waals surface area contributed by atoms with Gasteiger partial charge in [0.15, 0.2) is 16.3 Å². The number of imidazole rings is 1. The number of fused-ring (bicyclic) bond motifs is 1. The lowest BCUT2D eigenvalue weighted by Gasteiger charge is -2.16. The zero-order valence-electron chi connectivity index (χ0n) is 15.7. The van der Waals surface area contributed by atoms with Gasteiger partial charge in [-0.2, -0.15) is 0 Å². The van der Waals surface area contributed by atoms with Crippen LogP contribution < -0.4 is 16.0 Å². The minimum Gasteiger partial charge on any atom is -0.491 e. The quantitative estimate of drug-likeness (QED) is 0.437. The molecule has 0 spiro atoms. The number of ether oxygens (including phenoxy) is 1. The van der Waals surface area contributed by atoms with E-state index in [2.05, 4.69) is 16.5 Å². The highest BCUT2D eigenvalue weighted by atomic mass is 32.2. The Hall–Kier alpha value is -2.78. The third-order valence-electron chi connectivity index (χ3n) is 4.22. The van der Waals surface area contributed by atoms with Crippen LogP contribution in [-0.4, -0.2) is 42.7 Å². The molecule has 148 valence electrons. The van der Waals surface area contributed by atoms with Crippen LogP contribution in [0.4, 0.5) is 0 Å². The first-order valence-corrected chi connectivity index (χ1v) is 9.70. The minimum absolute atomic E-state index is 0.0553. The Balaban J connectivity index is 1.91. The van der Waals surface area contributed by atoms with Crippen LogP contribution in [0.15, 0.2) is 51.7 Å². The predicted molar refractivity (Wildman–Crippen MR) is 109 cm³/mol. The smallest absolute Gasteiger partial charge is 0.329 e. The summed E-state index contributed by atoms with van der Waals surface area (Å²) < 4.78 is 8.60. The molecule has 0 aliphatic rings. The van der Waals surface area contributed by atoms with Crippen molar-refractivity contribution in [2.24, 2.45) is 7.05 Å². The molecule has 8 nitrogen and oxygen atoms in total. The molecule has 1 aromatic carbocycles. The van der Waals surface area contributed by atoms with E-state index < -0.39 is 17.4 Å². The van der Waals surface area contributed by atoms with E-state index in [1.54, 1.807) is 10.6 Å². The maximum atomic E-state index is 12.4. The van der Waals surface area contributed by atoms with Crippen LogP contribution in [0.1, 0.15) is 5.56 Å². The van der Waals surface area contributed by atoms with Gasteiger partial charge in [-0.1, -0.05) is 36.0 Å². The molecule has 0 radical (unpaired) electrons. The van der Waals surface area contributed by atoms with Crippen LogP contribution in [0, 0.1) is 6.92 Å². The Kier molecular flexibility index (Phi) is 6.05. The molecule has 0 saturated heterocycles. The molecule has 0 amide bonds. The van der Waals surface area contributed by atoms with Crippen LogP contribution in [0.2, 0.25) is 0 Å². The number of aromatic nitrogens is 4. The van der Waals surface area contributed by atoms with Gasteiger partial charge in [0, 0.05) is 12.8 Å². The van der Waals surface area contributed by atoms with Gasteiger partial charge in [-0.05, 0) is 18.6 Å². The first-order chi connectivity index (χ1) is 13.4. The predicted octanol–water partition coefficient (Wildman–Crippen LogP) is 1.45. The Labute approximate surface area is 165 Å². The maximum absolute atomic E-state index is 12.4. The van der Waals surface area contributed by atoms with E-state index in [0.29, 0.717) is 16.7 Å². The normalized spacial score (nSPS) is 12.2. The number of hydrogen-bond donors (Lipinski definition) is 2. The van der Waals surface area contributed by atoms with Crippen molar-refractivity contribution >= 4 is 22.9 Å². The van der Waals surface area contributed by atoms with E-state index in [1.165, 1.54) is 23.4 Å². The fraction of sp³-hybridized carbons (Fsp3) is 0.316. The fourth-order valence-electron chi connectivity index (χ4n) is 2.80. The summed E-state index contributed by atoms with van der Waals surface area (Å²) in [6.45, 7) is 5.77. The van der Waals surface area contributed by atoms with E-state index in [4.69, 9.17) is 4.74 Å². The summed E-state index contributed by atoms with van der Waals surface area (Å²) in [4.78, 5) is 31.0. The van der Waals surface area contributed by atoms with Crippen LogP contribution in [0.3, 0.4) is 0 Å². The van der Waals surface area contributed by atoms with Crippen molar-refractivity contribution in [2.45, 2.75) is 24.7 Å². The molecule has 0 bridgehead atoms. The molecular formula is C19H22N4O4S. The van der Waals surface area contributed by atoms with Gasteiger partial charge in [0.2, 0.25) is 0 Å². The lowest BCUT2D eigenvalue weighted by molar-refractivity contribution is 0.0910. The molecule has 2 aromatic heterocycles. The largest absolute Gasteiger partial charge is 0.491 e. The fourth-order valence-corrected chi connectivity index (χ4v) is 3.54. The number of rotatable bonds is 8. The number of aliphatic hydroxyl groups is 1. The van der Waals surface area contributed by atoms with Gasteiger partial charge in [-0.25, -0.2) is 9.78 Å². The number of nitrogens with one attached hydrogen (secondary N) is 1. The number of thioether (sulfide) groups is 1. The summed E-state index contributed by atoms with van der Waals surface area (Å²) in [5.41, 5.74) is 0.404. The topological polar surface area (TPSA) is 102 Å². The highest BCUT2D eigenvalue weighted by Crippen LogP contribution is 2.22. The zero-order chi connectivity index (χ0) is 20.3. The summed E-state index contributed by atoms with van der Waals surface area (Å²) in [7, 11) is 1.54. The third-order valence-corrected chi connectivity index (χ3v) is 5.19. The van der Waals surface area contributed by atoms with Crippen molar-refractivity contribution < 1.29 is 9.84 Å². The number of benzene rings is 1. The average molecular weight is 402 g/mol. The molecule has 0 saturated carbocycles. The van der Waals surface area contributed by atoms with Gasteiger partial charge >= 0.3 is 5.69 Å². The second-order valence-electron chi connectivity index (χ2n) is 6.33. The molecule has 9 heteroatoms. The number of aromatic amines is 1. The van der Waals surface area contributed by atoms with Crippen LogP contribution >= 0.6 is 11.8 Å². The van der Waals surface area contributed by atoms with Crippen molar-refractivity contribution in [3.05, 3.63) is 63.3 Å². The highest BCUT2D eigenvalue weighted by molar-refractivity contribution is 7.99. The molecule has 28 heavy (non-hydrogen) atoms. The summed E-state index contributed by atoms with van der Waals surface area (Å²) in [5, 5.41) is 11.0. The van der Waals surface area contributed by atoms with E-state index in [1.807, 2.05) is 31.2 Å². The Morgan fingerprint density at radius 1 is 1.39 bits per heavy atom. The van der Waals surface area contributed by atoms with E-state index >= 15 is 0 Å². The monoisotopic (exact) mass is 402 g/mol. The lowest BCUT2D eigenvalue weighted by Crippen LogP contribution is -2.30.